The van der Waals surface area contributed by atoms with Crippen LogP contribution in [0.2, 0.25) is 5.02 Å². The monoisotopic (exact) mass is 249 g/mol. The number of nitrogens with two attached hydrogens (primary N) is 2. The molecule has 4 nitrogen and oxygen atoms in total. The van der Waals surface area contributed by atoms with Gasteiger partial charge in [-0.2, -0.15) is 4.99 Å². The van der Waals surface area contributed by atoms with Crippen molar-refractivity contribution in [2.24, 2.45) is 16.5 Å². The van der Waals surface area contributed by atoms with Gasteiger partial charge in [-0.05, 0) is 29.7 Å². The van der Waals surface area contributed by atoms with Crippen molar-refractivity contribution in [2.45, 2.75) is 13.3 Å². The number of fused-ring (bicyclic) bond motifs is 1. The number of carbonyl (C=O) groups is 1. The topological polar surface area (TPSA) is 81.5 Å². The lowest BCUT2D eigenvalue weighted by Crippen LogP contribution is -2.24. The molecule has 1 aliphatic rings. The number of carbonyl (C=O) groups excluding carboxylic acids is 1. The van der Waals surface area contributed by atoms with Crippen LogP contribution >= 0.6 is 11.6 Å². The smallest absolute Gasteiger partial charge is 0.276 e. The van der Waals surface area contributed by atoms with Crippen LogP contribution in [0.4, 0.5) is 0 Å². The van der Waals surface area contributed by atoms with E-state index in [1.54, 1.807) is 0 Å². The molecule has 1 amide bonds. The molecule has 88 valence electrons. The summed E-state index contributed by atoms with van der Waals surface area (Å²) in [5, 5.41) is 0.661. The van der Waals surface area contributed by atoms with Gasteiger partial charge in [-0.15, -0.1) is 0 Å². The number of hydrogen-bond acceptors (Lipinski definition) is 1. The number of amides is 1. The van der Waals surface area contributed by atoms with E-state index in [9.17, 15) is 4.79 Å². The standard InChI is InChI=1S/C12H12ClN3O/c1-6-7-3-2-4-10(13)9(7)5-8(6)11(17)16-12(14)15/h2-4H,5H2,1H3,(H4,14,15,16,17). The van der Waals surface area contributed by atoms with E-state index in [1.165, 1.54) is 0 Å². The summed E-state index contributed by atoms with van der Waals surface area (Å²) in [4.78, 5) is 15.4. The minimum Gasteiger partial charge on any atom is -0.370 e. The second kappa shape index (κ2) is 4.22. The summed E-state index contributed by atoms with van der Waals surface area (Å²) in [6, 6.07) is 5.60. The highest BCUT2D eigenvalue weighted by atomic mass is 35.5. The van der Waals surface area contributed by atoms with Gasteiger partial charge < -0.3 is 11.5 Å². The Morgan fingerprint density at radius 3 is 2.71 bits per heavy atom. The molecule has 0 saturated heterocycles. The fourth-order valence-corrected chi connectivity index (χ4v) is 2.22. The van der Waals surface area contributed by atoms with Gasteiger partial charge in [0.2, 0.25) is 0 Å². The zero-order valence-electron chi connectivity index (χ0n) is 9.33. The van der Waals surface area contributed by atoms with Crippen molar-refractivity contribution in [2.75, 3.05) is 0 Å². The molecule has 0 bridgehead atoms. The van der Waals surface area contributed by atoms with Crippen molar-refractivity contribution in [3.05, 3.63) is 39.9 Å². The number of halogens is 1. The molecule has 0 radical (unpaired) electrons. The van der Waals surface area contributed by atoms with Gasteiger partial charge in [0.15, 0.2) is 5.96 Å². The molecule has 0 spiro atoms. The van der Waals surface area contributed by atoms with Crippen molar-refractivity contribution in [1.82, 2.24) is 0 Å². The average molecular weight is 250 g/mol. The van der Waals surface area contributed by atoms with Crippen LogP contribution in [0, 0.1) is 0 Å². The lowest BCUT2D eigenvalue weighted by Gasteiger charge is -2.01. The third kappa shape index (κ3) is 2.03. The average Bonchev–Trinajstić information content (AvgIpc) is 2.57. The minimum absolute atomic E-state index is 0.225. The normalized spacial score (nSPS) is 13.5. The van der Waals surface area contributed by atoms with Crippen molar-refractivity contribution in [1.29, 1.82) is 0 Å². The summed E-state index contributed by atoms with van der Waals surface area (Å²) < 4.78 is 0. The van der Waals surface area contributed by atoms with Crippen molar-refractivity contribution < 1.29 is 4.79 Å². The zero-order chi connectivity index (χ0) is 12.6. The van der Waals surface area contributed by atoms with Gasteiger partial charge >= 0.3 is 0 Å². The molecule has 0 saturated carbocycles. The van der Waals surface area contributed by atoms with E-state index in [-0.39, 0.29) is 5.96 Å². The van der Waals surface area contributed by atoms with E-state index in [2.05, 4.69) is 4.99 Å². The molecular weight excluding hydrogens is 238 g/mol. The molecule has 1 aliphatic carbocycles. The Kier molecular flexibility index (Phi) is 2.90. The van der Waals surface area contributed by atoms with Crippen LogP contribution in [-0.2, 0) is 11.2 Å². The lowest BCUT2D eigenvalue weighted by atomic mass is 10.1. The summed E-state index contributed by atoms with van der Waals surface area (Å²) in [7, 11) is 0. The molecule has 0 aliphatic heterocycles. The van der Waals surface area contributed by atoms with E-state index >= 15 is 0 Å². The Morgan fingerprint density at radius 1 is 1.41 bits per heavy atom. The number of benzene rings is 1. The molecule has 0 fully saturated rings. The van der Waals surface area contributed by atoms with Crippen molar-refractivity contribution in [3.63, 3.8) is 0 Å². The SMILES string of the molecule is CC1=C(C(=O)N=C(N)N)Cc2c(Cl)cccc21. The highest BCUT2D eigenvalue weighted by Crippen LogP contribution is 2.36. The third-order valence-electron chi connectivity index (χ3n) is 2.82. The second-order valence-electron chi connectivity index (χ2n) is 3.89. The number of nitrogens with zero attached hydrogens (tertiary/aromatic N) is 1. The van der Waals surface area contributed by atoms with Gasteiger partial charge in [-0.1, -0.05) is 23.7 Å². The number of rotatable bonds is 1. The Bertz CT molecular complexity index is 557. The summed E-state index contributed by atoms with van der Waals surface area (Å²) in [6.07, 6.45) is 0.483. The highest BCUT2D eigenvalue weighted by Gasteiger charge is 2.24. The highest BCUT2D eigenvalue weighted by molar-refractivity contribution is 6.32. The Morgan fingerprint density at radius 2 is 2.12 bits per heavy atom. The molecule has 1 aromatic rings. The second-order valence-corrected chi connectivity index (χ2v) is 4.30. The minimum atomic E-state index is -0.394. The van der Waals surface area contributed by atoms with Gasteiger partial charge in [-0.3, -0.25) is 4.79 Å². The fourth-order valence-electron chi connectivity index (χ4n) is 1.98. The summed E-state index contributed by atoms with van der Waals surface area (Å²) in [6.45, 7) is 1.87. The zero-order valence-corrected chi connectivity index (χ0v) is 10.1. The maximum atomic E-state index is 11.8. The van der Waals surface area contributed by atoms with Crippen LogP contribution in [0.25, 0.3) is 5.57 Å². The molecule has 0 atom stereocenters. The van der Waals surface area contributed by atoms with E-state index in [0.717, 1.165) is 16.7 Å². The summed E-state index contributed by atoms with van der Waals surface area (Å²) in [5.41, 5.74) is 13.8. The largest absolute Gasteiger partial charge is 0.370 e. The van der Waals surface area contributed by atoms with E-state index in [1.807, 2.05) is 25.1 Å². The number of guanidine groups is 1. The molecular formula is C12H12ClN3O. The summed E-state index contributed by atoms with van der Waals surface area (Å²) in [5.74, 6) is -0.618. The first-order valence-electron chi connectivity index (χ1n) is 5.12. The number of aliphatic imine (C=N–C) groups is 1. The molecule has 5 heteroatoms. The van der Waals surface area contributed by atoms with Crippen LogP contribution in [0.5, 0.6) is 0 Å². The first-order valence-corrected chi connectivity index (χ1v) is 5.50. The van der Waals surface area contributed by atoms with Crippen molar-refractivity contribution in [3.8, 4) is 0 Å². The van der Waals surface area contributed by atoms with Crippen molar-refractivity contribution >= 4 is 29.0 Å². The molecule has 4 N–H and O–H groups in total. The maximum absolute atomic E-state index is 11.8. The third-order valence-corrected chi connectivity index (χ3v) is 3.17. The number of allylic oxidation sites excluding steroid dienone is 1. The molecule has 2 rings (SSSR count). The Labute approximate surface area is 104 Å². The predicted molar refractivity (Wildman–Crippen MR) is 68.6 cm³/mol. The lowest BCUT2D eigenvalue weighted by molar-refractivity contribution is -0.114. The maximum Gasteiger partial charge on any atom is 0.276 e. The quantitative estimate of drug-likeness (QED) is 0.584. The van der Waals surface area contributed by atoms with Gasteiger partial charge in [0.1, 0.15) is 0 Å². The molecule has 0 aromatic heterocycles. The number of hydrogen-bond donors (Lipinski definition) is 2. The van der Waals surface area contributed by atoms with E-state index in [4.69, 9.17) is 23.1 Å². The predicted octanol–water partition coefficient (Wildman–Crippen LogP) is 1.47. The fraction of sp³-hybridized carbons (Fsp3) is 0.167. The summed E-state index contributed by atoms with van der Waals surface area (Å²) >= 11 is 6.09. The van der Waals surface area contributed by atoms with Crippen LogP contribution in [0.3, 0.4) is 0 Å². The van der Waals surface area contributed by atoms with Crippen LogP contribution < -0.4 is 11.5 Å². The molecule has 17 heavy (non-hydrogen) atoms. The first-order chi connectivity index (χ1) is 8.00. The molecule has 1 aromatic carbocycles. The Balaban J connectivity index is 2.43. The first kappa shape index (κ1) is 11.7. The van der Waals surface area contributed by atoms with Gasteiger partial charge in [0, 0.05) is 17.0 Å². The van der Waals surface area contributed by atoms with E-state index < -0.39 is 5.91 Å². The van der Waals surface area contributed by atoms with Crippen LogP contribution in [0.15, 0.2) is 28.8 Å². The molecule has 0 heterocycles. The van der Waals surface area contributed by atoms with E-state index in [0.29, 0.717) is 17.0 Å². The Hall–Kier alpha value is -1.81. The van der Waals surface area contributed by atoms with Crippen LogP contribution in [-0.4, -0.2) is 11.9 Å². The van der Waals surface area contributed by atoms with Gasteiger partial charge in [-0.25, -0.2) is 0 Å². The van der Waals surface area contributed by atoms with Crippen LogP contribution in [0.1, 0.15) is 18.1 Å². The van der Waals surface area contributed by atoms with Gasteiger partial charge in [0.05, 0.1) is 0 Å². The van der Waals surface area contributed by atoms with Gasteiger partial charge in [0.25, 0.3) is 5.91 Å². The molecule has 0 unspecified atom stereocenters.